The van der Waals surface area contributed by atoms with Crippen molar-refractivity contribution in [3.05, 3.63) is 282 Å². The molecule has 0 atom stereocenters. The molecule has 0 fully saturated rings. The Morgan fingerprint density at radius 1 is 0.254 bits per heavy atom. The molecule has 0 saturated heterocycles. The first kappa shape index (κ1) is 40.1. The second kappa shape index (κ2) is 14.9. The van der Waals surface area contributed by atoms with Gasteiger partial charge in [0.2, 0.25) is 0 Å². The van der Waals surface area contributed by atoms with E-state index in [0.717, 1.165) is 17.1 Å². The minimum atomic E-state index is -0.502. The van der Waals surface area contributed by atoms with Gasteiger partial charge in [0.25, 0.3) is 0 Å². The van der Waals surface area contributed by atoms with Gasteiger partial charge in [0.05, 0.1) is 11.1 Å². The third-order valence-electron chi connectivity index (χ3n) is 16.5. The molecule has 3 aliphatic carbocycles. The molecule has 0 unspecified atom stereocenters. The number of fused-ring (bicyclic) bond motifs is 19. The number of benzene rings is 12. The Labute approximate surface area is 414 Å². The molecule has 0 amide bonds. The highest BCUT2D eigenvalue weighted by molar-refractivity contribution is 6.26. The van der Waals surface area contributed by atoms with Crippen molar-refractivity contribution in [2.75, 3.05) is 4.90 Å². The summed E-state index contributed by atoms with van der Waals surface area (Å²) in [7, 11) is 0. The summed E-state index contributed by atoms with van der Waals surface area (Å²) in [4.78, 5) is 2.54. The van der Waals surface area contributed by atoms with E-state index in [4.69, 9.17) is 0 Å². The molecule has 1 nitrogen and oxygen atoms in total. The van der Waals surface area contributed by atoms with Gasteiger partial charge in [0.15, 0.2) is 0 Å². The van der Waals surface area contributed by atoms with Crippen molar-refractivity contribution in [1.29, 1.82) is 0 Å². The standard InChI is InChI=1S/C70H47N/c1-69(2)62-28-14-10-26-56(62)60-40-46(34-39-63(60)69)44-32-35-47(36-33-44)71(48-37-38-53-51-22-7-6-20-49(51)50-21-8-9-23-52(50)59(53)41-48)68-43-67-61(42-58(68)45-18-4-3-5-19-45)57-27-13-17-31-66(57)70(67)64-29-15-11-24-54(64)55-25-12-16-30-65(55)70/h3-43H,1-2H3. The van der Waals surface area contributed by atoms with Crippen LogP contribution in [-0.4, -0.2) is 0 Å². The summed E-state index contributed by atoms with van der Waals surface area (Å²) < 4.78 is 0. The first-order valence-electron chi connectivity index (χ1n) is 25.0. The second-order valence-electron chi connectivity index (χ2n) is 20.3. The van der Waals surface area contributed by atoms with Crippen LogP contribution in [0, 0.1) is 0 Å². The summed E-state index contributed by atoms with van der Waals surface area (Å²) in [5, 5.41) is 7.57. The fraction of sp³-hybridized carbons (Fsp3) is 0.0571. The minimum Gasteiger partial charge on any atom is -0.310 e. The van der Waals surface area contributed by atoms with Crippen LogP contribution in [0.15, 0.2) is 249 Å². The third kappa shape index (κ3) is 5.52. The Hall–Kier alpha value is -8.78. The van der Waals surface area contributed by atoms with Gasteiger partial charge in [-0.25, -0.2) is 0 Å². The number of hydrogen-bond acceptors (Lipinski definition) is 1. The van der Waals surface area contributed by atoms with E-state index in [0.29, 0.717) is 0 Å². The van der Waals surface area contributed by atoms with Crippen LogP contribution in [0.1, 0.15) is 47.2 Å². The monoisotopic (exact) mass is 901 g/mol. The summed E-state index contributed by atoms with van der Waals surface area (Å²) in [6, 6.07) is 93.8. The zero-order valence-electron chi connectivity index (χ0n) is 39.6. The molecule has 3 aliphatic rings. The second-order valence-corrected chi connectivity index (χ2v) is 20.3. The minimum absolute atomic E-state index is 0.0405. The summed E-state index contributed by atoms with van der Waals surface area (Å²) in [5.74, 6) is 0. The first-order chi connectivity index (χ1) is 35.0. The molecule has 1 heteroatoms. The summed E-state index contributed by atoms with van der Waals surface area (Å²) in [6.07, 6.45) is 0. The summed E-state index contributed by atoms with van der Waals surface area (Å²) in [5.41, 5.74) is 23.5. The predicted octanol–water partition coefficient (Wildman–Crippen LogP) is 18.6. The Morgan fingerprint density at radius 3 is 1.30 bits per heavy atom. The molecule has 12 aromatic rings. The van der Waals surface area contributed by atoms with Crippen LogP contribution in [0.5, 0.6) is 0 Å². The van der Waals surface area contributed by atoms with Gasteiger partial charge in [-0.2, -0.15) is 0 Å². The van der Waals surface area contributed by atoms with Crippen LogP contribution in [0.25, 0.3) is 88.0 Å². The lowest BCUT2D eigenvalue weighted by molar-refractivity contribution is 0.660. The van der Waals surface area contributed by atoms with Crippen molar-refractivity contribution < 1.29 is 0 Å². The molecule has 71 heavy (non-hydrogen) atoms. The molecular weight excluding hydrogens is 855 g/mol. The van der Waals surface area contributed by atoms with Gasteiger partial charge in [-0.1, -0.05) is 220 Å². The fourth-order valence-corrected chi connectivity index (χ4v) is 13.3. The van der Waals surface area contributed by atoms with Gasteiger partial charge in [-0.05, 0) is 158 Å². The van der Waals surface area contributed by atoms with Crippen molar-refractivity contribution in [3.8, 4) is 55.6 Å². The van der Waals surface area contributed by atoms with Gasteiger partial charge in [-0.15, -0.1) is 0 Å². The van der Waals surface area contributed by atoms with E-state index < -0.39 is 5.41 Å². The zero-order chi connectivity index (χ0) is 47.0. The van der Waals surface area contributed by atoms with E-state index in [1.807, 2.05) is 0 Å². The molecule has 0 saturated carbocycles. The lowest BCUT2D eigenvalue weighted by Gasteiger charge is -2.33. The molecule has 0 heterocycles. The predicted molar refractivity (Wildman–Crippen MR) is 298 cm³/mol. The lowest BCUT2D eigenvalue weighted by Crippen LogP contribution is -2.26. The number of anilines is 3. The van der Waals surface area contributed by atoms with Crippen LogP contribution in [0.4, 0.5) is 17.1 Å². The van der Waals surface area contributed by atoms with Gasteiger partial charge in [0.1, 0.15) is 0 Å². The van der Waals surface area contributed by atoms with Crippen LogP contribution in [0.2, 0.25) is 0 Å². The highest BCUT2D eigenvalue weighted by Crippen LogP contribution is 2.64. The van der Waals surface area contributed by atoms with Crippen LogP contribution in [0.3, 0.4) is 0 Å². The zero-order valence-corrected chi connectivity index (χ0v) is 39.6. The molecular formula is C70H47N. The molecule has 15 rings (SSSR count). The molecule has 0 aromatic heterocycles. The number of hydrogen-bond donors (Lipinski definition) is 0. The normalized spacial score (nSPS) is 14.0. The van der Waals surface area contributed by atoms with Crippen molar-refractivity contribution in [1.82, 2.24) is 0 Å². The molecule has 0 radical (unpaired) electrons. The van der Waals surface area contributed by atoms with Gasteiger partial charge < -0.3 is 4.90 Å². The average Bonchev–Trinajstić information content (AvgIpc) is 4.00. The number of rotatable bonds is 5. The maximum absolute atomic E-state index is 2.56. The van der Waals surface area contributed by atoms with Crippen LogP contribution in [-0.2, 0) is 10.8 Å². The summed E-state index contributed by atoms with van der Waals surface area (Å²) >= 11 is 0. The van der Waals surface area contributed by atoms with Gasteiger partial charge in [-0.3, -0.25) is 0 Å². The first-order valence-corrected chi connectivity index (χ1v) is 25.0. The SMILES string of the molecule is CC1(C)c2ccccc2-c2cc(-c3ccc(N(c4ccc5c6ccccc6c6ccccc6c5c4)c4cc5c(cc4-c4ccccc4)-c4ccccc4C54c5ccccc5-c5ccccc54)cc3)ccc21. The van der Waals surface area contributed by atoms with Gasteiger partial charge in [0, 0.05) is 22.4 Å². The molecule has 12 aromatic carbocycles. The highest BCUT2D eigenvalue weighted by atomic mass is 15.1. The Morgan fingerprint density at radius 2 is 0.690 bits per heavy atom. The molecule has 1 spiro atoms. The highest BCUT2D eigenvalue weighted by Gasteiger charge is 2.52. The molecule has 0 aliphatic heterocycles. The van der Waals surface area contributed by atoms with E-state index in [-0.39, 0.29) is 5.41 Å². The average molecular weight is 902 g/mol. The number of nitrogens with zero attached hydrogens (tertiary/aromatic N) is 1. The molecule has 0 bridgehead atoms. The van der Waals surface area contributed by atoms with Crippen LogP contribution >= 0.6 is 0 Å². The van der Waals surface area contributed by atoms with Crippen molar-refractivity contribution in [2.24, 2.45) is 0 Å². The third-order valence-corrected chi connectivity index (χ3v) is 16.5. The van der Waals surface area contributed by atoms with Crippen molar-refractivity contribution >= 4 is 49.4 Å². The van der Waals surface area contributed by atoms with Gasteiger partial charge >= 0.3 is 0 Å². The van der Waals surface area contributed by atoms with E-state index in [9.17, 15) is 0 Å². The smallest absolute Gasteiger partial charge is 0.0726 e. The van der Waals surface area contributed by atoms with E-state index in [2.05, 4.69) is 267 Å². The van der Waals surface area contributed by atoms with E-state index in [1.165, 1.54) is 121 Å². The Kier molecular flexibility index (Phi) is 8.40. The van der Waals surface area contributed by atoms with Crippen molar-refractivity contribution in [3.63, 3.8) is 0 Å². The quantitative estimate of drug-likeness (QED) is 0.156. The Balaban J connectivity index is 1.01. The molecule has 332 valence electrons. The Bertz CT molecular complexity index is 4110. The maximum atomic E-state index is 2.56. The largest absolute Gasteiger partial charge is 0.310 e. The van der Waals surface area contributed by atoms with Crippen LogP contribution < -0.4 is 4.90 Å². The molecule has 0 N–H and O–H groups in total. The van der Waals surface area contributed by atoms with E-state index >= 15 is 0 Å². The maximum Gasteiger partial charge on any atom is 0.0726 e. The van der Waals surface area contributed by atoms with Crippen molar-refractivity contribution in [2.45, 2.75) is 24.7 Å². The van der Waals surface area contributed by atoms with E-state index in [1.54, 1.807) is 0 Å². The fourth-order valence-electron chi connectivity index (χ4n) is 13.3. The lowest BCUT2D eigenvalue weighted by atomic mass is 9.70. The topological polar surface area (TPSA) is 3.24 Å². The summed E-state index contributed by atoms with van der Waals surface area (Å²) in [6.45, 7) is 4.71.